The molecule has 8 heteroatoms. The molecule has 1 aliphatic heterocycles. The van der Waals surface area contributed by atoms with Gasteiger partial charge >= 0.3 is 0 Å². The quantitative estimate of drug-likeness (QED) is 0.458. The number of hydroxylamine groups is 2. The summed E-state index contributed by atoms with van der Waals surface area (Å²) in [5, 5.41) is 13.4. The van der Waals surface area contributed by atoms with Gasteiger partial charge in [-0.2, -0.15) is 5.06 Å². The van der Waals surface area contributed by atoms with Crippen molar-refractivity contribution in [1.82, 2.24) is 15.3 Å². The van der Waals surface area contributed by atoms with Gasteiger partial charge in [0.2, 0.25) is 5.91 Å². The highest BCUT2D eigenvalue weighted by atomic mass is 16.7. The summed E-state index contributed by atoms with van der Waals surface area (Å²) >= 11 is 0. The summed E-state index contributed by atoms with van der Waals surface area (Å²) in [6, 6.07) is 0. The number of carbonyl (C=O) groups excluding carboxylic acids is 3. The van der Waals surface area contributed by atoms with E-state index in [-0.39, 0.29) is 27.1 Å². The fraction of sp³-hybridized carbons (Fsp3) is 0.615. The van der Waals surface area contributed by atoms with Crippen molar-refractivity contribution in [3.05, 3.63) is 11.6 Å². The molecule has 0 aromatic heterocycles. The van der Waals surface area contributed by atoms with Crippen LogP contribution < -0.4 is 5.32 Å². The van der Waals surface area contributed by atoms with Gasteiger partial charge in [0.15, 0.2) is 0 Å². The van der Waals surface area contributed by atoms with Crippen molar-refractivity contribution in [2.75, 3.05) is 33.8 Å². The Bertz CT molecular complexity index is 434. The van der Waals surface area contributed by atoms with Crippen LogP contribution in [0.5, 0.6) is 0 Å². The van der Waals surface area contributed by atoms with Crippen LogP contribution >= 0.6 is 0 Å². The van der Waals surface area contributed by atoms with Gasteiger partial charge in [-0.1, -0.05) is 7.43 Å². The van der Waals surface area contributed by atoms with E-state index in [4.69, 9.17) is 4.84 Å². The van der Waals surface area contributed by atoms with E-state index in [0.717, 1.165) is 4.90 Å². The Morgan fingerprint density at radius 2 is 2.10 bits per heavy atom. The molecular formula is C13H23N3O5. The molecule has 3 amide bonds. The highest BCUT2D eigenvalue weighted by molar-refractivity contribution is 6.17. The number of nitrogens with zero attached hydrogens (tertiary/aromatic N) is 2. The zero-order valence-corrected chi connectivity index (χ0v) is 11.8. The predicted molar refractivity (Wildman–Crippen MR) is 75.9 cm³/mol. The first-order valence-electron chi connectivity index (χ1n) is 6.10. The van der Waals surface area contributed by atoms with Gasteiger partial charge in [-0.3, -0.25) is 24.1 Å². The van der Waals surface area contributed by atoms with Crippen molar-refractivity contribution in [3.8, 4) is 0 Å². The third kappa shape index (κ3) is 6.03. The first kappa shape index (κ1) is 19.2. The zero-order chi connectivity index (χ0) is 15.3. The summed E-state index contributed by atoms with van der Waals surface area (Å²) in [6.45, 7) is 1.18. The Kier molecular flexibility index (Phi) is 7.79. The van der Waals surface area contributed by atoms with Crippen LogP contribution in [0, 0.1) is 0 Å². The lowest BCUT2D eigenvalue weighted by Crippen LogP contribution is -2.43. The fourth-order valence-electron chi connectivity index (χ4n) is 1.51. The van der Waals surface area contributed by atoms with Crippen LogP contribution in [-0.4, -0.2) is 72.7 Å². The predicted octanol–water partition coefficient (Wildman–Crippen LogP) is -1.09. The lowest BCUT2D eigenvalue weighted by Gasteiger charge is -2.17. The van der Waals surface area contributed by atoms with Crippen molar-refractivity contribution in [3.63, 3.8) is 0 Å². The summed E-state index contributed by atoms with van der Waals surface area (Å²) in [6.07, 6.45) is 0.321. The van der Waals surface area contributed by atoms with Crippen LogP contribution in [0.4, 0.5) is 0 Å². The number of hydrogen-bond donors (Lipinski definition) is 2. The van der Waals surface area contributed by atoms with E-state index in [1.807, 2.05) is 0 Å². The second-order valence-electron chi connectivity index (χ2n) is 4.62. The molecule has 0 spiro atoms. The van der Waals surface area contributed by atoms with Crippen LogP contribution in [0.15, 0.2) is 11.6 Å². The van der Waals surface area contributed by atoms with Crippen LogP contribution in [0.3, 0.4) is 0 Å². The largest absolute Gasteiger partial charge is 0.389 e. The molecule has 0 aliphatic carbocycles. The van der Waals surface area contributed by atoms with E-state index in [9.17, 15) is 19.5 Å². The maximum absolute atomic E-state index is 11.6. The number of nitrogens with one attached hydrogen (secondary N) is 1. The lowest BCUT2D eigenvalue weighted by molar-refractivity contribution is -0.146. The van der Waals surface area contributed by atoms with Gasteiger partial charge in [0.1, 0.15) is 6.54 Å². The van der Waals surface area contributed by atoms with E-state index < -0.39 is 23.8 Å². The molecule has 1 unspecified atom stereocenters. The van der Waals surface area contributed by atoms with Gasteiger partial charge in [0.25, 0.3) is 11.8 Å². The number of rotatable bonds is 7. The van der Waals surface area contributed by atoms with Crippen molar-refractivity contribution < 1.29 is 24.3 Å². The van der Waals surface area contributed by atoms with Gasteiger partial charge in [0, 0.05) is 32.3 Å². The smallest absolute Gasteiger partial charge is 0.257 e. The van der Waals surface area contributed by atoms with Crippen LogP contribution in [0.25, 0.3) is 0 Å². The molecule has 0 bridgehead atoms. The molecule has 0 aromatic carbocycles. The highest BCUT2D eigenvalue weighted by Crippen LogP contribution is 2.10. The minimum absolute atomic E-state index is 0. The Balaban J connectivity index is 0.00000400. The summed E-state index contributed by atoms with van der Waals surface area (Å²) in [5.41, 5.74) is 0.308. The highest BCUT2D eigenvalue weighted by Gasteiger charge is 2.29. The Labute approximate surface area is 124 Å². The topological polar surface area (TPSA) is 99.2 Å². The van der Waals surface area contributed by atoms with E-state index >= 15 is 0 Å². The average Bonchev–Trinajstić information content (AvgIpc) is 2.60. The minimum atomic E-state index is -0.869. The number of aliphatic hydroxyl groups is 1. The standard InChI is InChI=1S/C12H19N3O5.CH4/c1-8-4-11(18)15(12(8)19)6-10(17)13-5-9(16)7-20-14(2)3;/h4,9,16H,5-7H2,1-3H3,(H,13,17);1H4. The lowest BCUT2D eigenvalue weighted by atomic mass is 10.3. The second-order valence-corrected chi connectivity index (χ2v) is 4.62. The molecular weight excluding hydrogens is 278 g/mol. The molecule has 120 valence electrons. The molecule has 21 heavy (non-hydrogen) atoms. The van der Waals surface area contributed by atoms with Gasteiger partial charge in [0.05, 0.1) is 12.7 Å². The average molecular weight is 301 g/mol. The normalized spacial score (nSPS) is 15.9. The fourth-order valence-corrected chi connectivity index (χ4v) is 1.51. The first-order valence-corrected chi connectivity index (χ1v) is 6.10. The van der Waals surface area contributed by atoms with Crippen LogP contribution in [-0.2, 0) is 19.2 Å². The summed E-state index contributed by atoms with van der Waals surface area (Å²) in [4.78, 5) is 40.4. The number of carbonyl (C=O) groups is 3. The molecule has 0 aromatic rings. The monoisotopic (exact) mass is 301 g/mol. The van der Waals surface area contributed by atoms with E-state index in [2.05, 4.69) is 5.32 Å². The number of hydrogen-bond acceptors (Lipinski definition) is 6. The van der Waals surface area contributed by atoms with Crippen LogP contribution in [0.1, 0.15) is 14.4 Å². The molecule has 1 aliphatic rings. The summed E-state index contributed by atoms with van der Waals surface area (Å²) in [5.74, 6) is -1.49. The van der Waals surface area contributed by atoms with Crippen molar-refractivity contribution in [2.45, 2.75) is 20.5 Å². The Morgan fingerprint density at radius 3 is 2.57 bits per heavy atom. The molecule has 0 saturated heterocycles. The van der Waals surface area contributed by atoms with Gasteiger partial charge in [-0.25, -0.2) is 0 Å². The maximum atomic E-state index is 11.6. The molecule has 0 fully saturated rings. The molecule has 1 rings (SSSR count). The van der Waals surface area contributed by atoms with Crippen molar-refractivity contribution in [1.29, 1.82) is 0 Å². The Morgan fingerprint density at radius 1 is 1.48 bits per heavy atom. The van der Waals surface area contributed by atoms with E-state index in [1.54, 1.807) is 14.1 Å². The number of amides is 3. The minimum Gasteiger partial charge on any atom is -0.389 e. The SMILES string of the molecule is C.CC1=CC(=O)N(CC(=O)NCC(O)CON(C)C)C1=O. The molecule has 2 N–H and O–H groups in total. The third-order valence-corrected chi connectivity index (χ3v) is 2.55. The summed E-state index contributed by atoms with van der Waals surface area (Å²) in [7, 11) is 3.34. The second kappa shape index (κ2) is 8.50. The molecule has 8 nitrogen and oxygen atoms in total. The maximum Gasteiger partial charge on any atom is 0.257 e. The van der Waals surface area contributed by atoms with Gasteiger partial charge in [-0.05, 0) is 6.92 Å². The summed E-state index contributed by atoms with van der Waals surface area (Å²) < 4.78 is 0. The van der Waals surface area contributed by atoms with Crippen molar-refractivity contribution in [2.24, 2.45) is 0 Å². The van der Waals surface area contributed by atoms with Crippen molar-refractivity contribution >= 4 is 17.7 Å². The van der Waals surface area contributed by atoms with E-state index in [1.165, 1.54) is 18.1 Å². The van der Waals surface area contributed by atoms with E-state index in [0.29, 0.717) is 5.57 Å². The molecule has 0 saturated carbocycles. The molecule has 1 atom stereocenters. The first-order chi connectivity index (χ1) is 9.31. The van der Waals surface area contributed by atoms with Crippen LogP contribution in [0.2, 0.25) is 0 Å². The number of imide groups is 1. The molecule has 0 radical (unpaired) electrons. The zero-order valence-electron chi connectivity index (χ0n) is 11.8. The molecule has 1 heterocycles. The van der Waals surface area contributed by atoms with Gasteiger partial charge < -0.3 is 10.4 Å². The van der Waals surface area contributed by atoms with Gasteiger partial charge in [-0.15, -0.1) is 0 Å². The Hall–Kier alpha value is -1.77. The third-order valence-electron chi connectivity index (χ3n) is 2.55. The number of aliphatic hydroxyl groups excluding tert-OH is 1.